The quantitative estimate of drug-likeness (QED) is 0.425. The Morgan fingerprint density at radius 1 is 1.17 bits per heavy atom. The first-order chi connectivity index (χ1) is 17.1. The predicted octanol–water partition coefficient (Wildman–Crippen LogP) is 3.57. The van der Waals surface area contributed by atoms with Crippen LogP contribution in [0, 0.1) is 12.7 Å². The van der Waals surface area contributed by atoms with Gasteiger partial charge in [0.25, 0.3) is 11.9 Å². The number of halogens is 1. The fourth-order valence-electron chi connectivity index (χ4n) is 4.00. The van der Waals surface area contributed by atoms with Gasteiger partial charge < -0.3 is 10.1 Å². The minimum Gasteiger partial charge on any atom is -0.379 e. The highest BCUT2D eigenvalue weighted by molar-refractivity contribution is 7.13. The second-order valence-corrected chi connectivity index (χ2v) is 9.16. The van der Waals surface area contributed by atoms with Gasteiger partial charge in [0.2, 0.25) is 0 Å². The number of ether oxygens (including phenoxy) is 1. The average Bonchev–Trinajstić information content (AvgIpc) is 3.56. The molecule has 1 fully saturated rings. The van der Waals surface area contributed by atoms with E-state index in [1.807, 2.05) is 24.4 Å². The van der Waals surface area contributed by atoms with Crippen molar-refractivity contribution >= 4 is 17.2 Å². The summed E-state index contributed by atoms with van der Waals surface area (Å²) in [5.74, 6) is -0.165. The van der Waals surface area contributed by atoms with Crippen LogP contribution in [0.2, 0.25) is 0 Å². The van der Waals surface area contributed by atoms with Crippen LogP contribution in [0.25, 0.3) is 27.8 Å². The standard InChI is InChI=1S/C25H25FN6O2S/c1-17-15-28-25(30-22(17)18-4-6-19(26)7-5-18)32-23(21-3-2-14-35-21)20(16-29-32)24(33)27-8-9-31-10-12-34-13-11-31/h2-7,14-16H,8-13H2,1H3,(H,27,33). The molecular weight excluding hydrogens is 467 g/mol. The predicted molar refractivity (Wildman–Crippen MR) is 132 cm³/mol. The molecule has 0 aliphatic carbocycles. The van der Waals surface area contributed by atoms with Crippen LogP contribution in [0.3, 0.4) is 0 Å². The molecule has 1 saturated heterocycles. The van der Waals surface area contributed by atoms with Crippen molar-refractivity contribution in [2.75, 3.05) is 39.4 Å². The molecule has 0 saturated carbocycles. The summed E-state index contributed by atoms with van der Waals surface area (Å²) in [5, 5.41) is 9.46. The van der Waals surface area contributed by atoms with Crippen molar-refractivity contribution < 1.29 is 13.9 Å². The number of nitrogens with one attached hydrogen (secondary N) is 1. The van der Waals surface area contributed by atoms with Crippen LogP contribution in [-0.2, 0) is 4.74 Å². The molecule has 35 heavy (non-hydrogen) atoms. The second-order valence-electron chi connectivity index (χ2n) is 8.21. The van der Waals surface area contributed by atoms with E-state index < -0.39 is 0 Å². The summed E-state index contributed by atoms with van der Waals surface area (Å²) >= 11 is 1.51. The normalized spacial score (nSPS) is 14.2. The highest BCUT2D eigenvalue weighted by Crippen LogP contribution is 2.30. The Bertz CT molecular complexity index is 1300. The number of thiophene rings is 1. The molecule has 0 radical (unpaired) electrons. The maximum atomic E-state index is 13.4. The van der Waals surface area contributed by atoms with Gasteiger partial charge >= 0.3 is 0 Å². The van der Waals surface area contributed by atoms with Crippen LogP contribution in [0.15, 0.2) is 54.2 Å². The van der Waals surface area contributed by atoms with E-state index in [0.29, 0.717) is 29.4 Å². The average molecular weight is 493 g/mol. The molecular formula is C25H25FN6O2S. The summed E-state index contributed by atoms with van der Waals surface area (Å²) in [4.78, 5) is 25.5. The third-order valence-electron chi connectivity index (χ3n) is 5.85. The zero-order valence-corrected chi connectivity index (χ0v) is 20.1. The Labute approximate surface area is 206 Å². The molecule has 5 rings (SSSR count). The van der Waals surface area contributed by atoms with Gasteiger partial charge in [0.1, 0.15) is 11.5 Å². The first-order valence-electron chi connectivity index (χ1n) is 11.4. The minimum absolute atomic E-state index is 0.196. The van der Waals surface area contributed by atoms with Crippen molar-refractivity contribution in [1.29, 1.82) is 0 Å². The fourth-order valence-corrected chi connectivity index (χ4v) is 4.77. The summed E-state index contributed by atoms with van der Waals surface area (Å²) in [7, 11) is 0. The molecule has 1 aliphatic heterocycles. The van der Waals surface area contributed by atoms with Gasteiger partial charge in [-0.2, -0.15) is 9.78 Å². The molecule has 180 valence electrons. The third-order valence-corrected chi connectivity index (χ3v) is 6.73. The molecule has 0 spiro atoms. The van der Waals surface area contributed by atoms with Gasteiger partial charge in [-0.3, -0.25) is 9.69 Å². The maximum absolute atomic E-state index is 13.4. The number of aromatic nitrogens is 4. The molecule has 0 atom stereocenters. The minimum atomic E-state index is -0.308. The zero-order chi connectivity index (χ0) is 24.2. The number of amides is 1. The molecule has 3 aromatic heterocycles. The molecule has 8 nitrogen and oxygen atoms in total. The van der Waals surface area contributed by atoms with Gasteiger partial charge in [-0.1, -0.05) is 6.07 Å². The number of carbonyl (C=O) groups excluding carboxylic acids is 1. The van der Waals surface area contributed by atoms with Gasteiger partial charge in [0.05, 0.1) is 35.5 Å². The Morgan fingerprint density at radius 3 is 2.71 bits per heavy atom. The van der Waals surface area contributed by atoms with Gasteiger partial charge in [-0.25, -0.2) is 14.4 Å². The molecule has 4 aromatic rings. The monoisotopic (exact) mass is 492 g/mol. The molecule has 1 aromatic carbocycles. The summed E-state index contributed by atoms with van der Waals surface area (Å²) in [6, 6.07) is 10.0. The lowest BCUT2D eigenvalue weighted by Gasteiger charge is -2.26. The van der Waals surface area contributed by atoms with E-state index in [9.17, 15) is 9.18 Å². The number of hydrogen-bond donors (Lipinski definition) is 1. The fraction of sp³-hybridized carbons (Fsp3) is 0.280. The third kappa shape index (κ3) is 5.14. The number of nitrogens with zero attached hydrogens (tertiary/aromatic N) is 5. The SMILES string of the molecule is Cc1cnc(-n2ncc(C(=O)NCCN3CCOCC3)c2-c2cccs2)nc1-c1ccc(F)cc1. The number of carbonyl (C=O) groups is 1. The van der Waals surface area contributed by atoms with Gasteiger partial charge in [-0.05, 0) is 48.2 Å². The molecule has 0 bridgehead atoms. The van der Waals surface area contributed by atoms with E-state index in [2.05, 4.69) is 20.3 Å². The van der Waals surface area contributed by atoms with Crippen LogP contribution < -0.4 is 5.32 Å². The molecule has 0 unspecified atom stereocenters. The summed E-state index contributed by atoms with van der Waals surface area (Å²) in [6.07, 6.45) is 3.27. The van der Waals surface area contributed by atoms with E-state index >= 15 is 0 Å². The van der Waals surface area contributed by atoms with Crippen molar-refractivity contribution in [1.82, 2.24) is 30.0 Å². The Kier molecular flexibility index (Phi) is 6.94. The lowest BCUT2D eigenvalue weighted by atomic mass is 10.1. The van der Waals surface area contributed by atoms with Crippen LogP contribution in [0.4, 0.5) is 4.39 Å². The number of aryl methyl sites for hydroxylation is 1. The molecule has 1 N–H and O–H groups in total. The van der Waals surface area contributed by atoms with Crippen LogP contribution in [0.5, 0.6) is 0 Å². The Balaban J connectivity index is 1.44. The summed E-state index contributed by atoms with van der Waals surface area (Å²) in [6.45, 7) is 6.38. The Morgan fingerprint density at radius 2 is 1.97 bits per heavy atom. The lowest BCUT2D eigenvalue weighted by molar-refractivity contribution is 0.0383. The molecule has 10 heteroatoms. The number of hydrogen-bond acceptors (Lipinski definition) is 7. The zero-order valence-electron chi connectivity index (χ0n) is 19.3. The van der Waals surface area contributed by atoms with Gasteiger partial charge in [0.15, 0.2) is 0 Å². The van der Waals surface area contributed by atoms with Gasteiger partial charge in [0, 0.05) is 37.9 Å². The molecule has 1 amide bonds. The van der Waals surface area contributed by atoms with E-state index in [1.165, 1.54) is 23.5 Å². The number of rotatable bonds is 7. The van der Waals surface area contributed by atoms with Crippen molar-refractivity contribution in [3.05, 3.63) is 71.1 Å². The topological polar surface area (TPSA) is 85.2 Å². The number of benzene rings is 1. The van der Waals surface area contributed by atoms with Crippen molar-refractivity contribution in [3.8, 4) is 27.8 Å². The molecule has 1 aliphatic rings. The van der Waals surface area contributed by atoms with E-state index in [0.717, 1.165) is 48.9 Å². The number of morpholine rings is 1. The second kappa shape index (κ2) is 10.4. The first-order valence-corrected chi connectivity index (χ1v) is 12.3. The van der Waals surface area contributed by atoms with Crippen LogP contribution in [-0.4, -0.2) is 69.9 Å². The largest absolute Gasteiger partial charge is 0.379 e. The summed E-state index contributed by atoms with van der Waals surface area (Å²) in [5.41, 5.74) is 3.41. The smallest absolute Gasteiger partial charge is 0.255 e. The van der Waals surface area contributed by atoms with Crippen molar-refractivity contribution in [2.24, 2.45) is 0 Å². The highest BCUT2D eigenvalue weighted by atomic mass is 32.1. The first kappa shape index (κ1) is 23.3. The lowest BCUT2D eigenvalue weighted by Crippen LogP contribution is -2.41. The van der Waals surface area contributed by atoms with E-state index in [1.54, 1.807) is 29.2 Å². The maximum Gasteiger partial charge on any atom is 0.255 e. The van der Waals surface area contributed by atoms with E-state index in [4.69, 9.17) is 9.72 Å². The van der Waals surface area contributed by atoms with E-state index in [-0.39, 0.29) is 11.7 Å². The summed E-state index contributed by atoms with van der Waals surface area (Å²) < 4.78 is 20.4. The highest BCUT2D eigenvalue weighted by Gasteiger charge is 2.23. The van der Waals surface area contributed by atoms with Crippen molar-refractivity contribution in [2.45, 2.75) is 6.92 Å². The van der Waals surface area contributed by atoms with Gasteiger partial charge in [-0.15, -0.1) is 11.3 Å². The van der Waals surface area contributed by atoms with Crippen LogP contribution in [0.1, 0.15) is 15.9 Å². The molecule has 4 heterocycles. The van der Waals surface area contributed by atoms with Crippen molar-refractivity contribution in [3.63, 3.8) is 0 Å². The Hall–Kier alpha value is -3.47. The van der Waals surface area contributed by atoms with Crippen LogP contribution >= 0.6 is 11.3 Å².